The van der Waals surface area contributed by atoms with Crippen LogP contribution in [0.15, 0.2) is 0 Å². The van der Waals surface area contributed by atoms with Crippen molar-refractivity contribution in [2.45, 2.75) is 41.5 Å². The molecule has 0 atom stereocenters. The summed E-state index contributed by atoms with van der Waals surface area (Å²) in [4.78, 5) is 45.3. The van der Waals surface area contributed by atoms with E-state index < -0.39 is 13.4 Å². The first kappa shape index (κ1) is 32.6. The van der Waals surface area contributed by atoms with Gasteiger partial charge in [-0.15, -0.1) is 0 Å². The van der Waals surface area contributed by atoms with Gasteiger partial charge in [-0.3, -0.25) is 0 Å². The van der Waals surface area contributed by atoms with Gasteiger partial charge in [0.2, 0.25) is 0 Å². The standard InChI is InChI=1S/2C4H9.2H3O3PS.Zn/c2*1-4(2)3;2*1-4(2,3)5;/h2*1-3H3;2*(H3,1,2,3,5);/q2*-1;;;+2. The molecule has 0 saturated carbocycles. The van der Waals surface area contributed by atoms with Crippen LogP contribution in [-0.4, -0.2) is 29.4 Å². The molecule has 116 valence electrons. The Morgan fingerprint density at radius 3 is 0.579 bits per heavy atom. The van der Waals surface area contributed by atoms with Gasteiger partial charge in [-0.2, -0.15) is 41.5 Å². The van der Waals surface area contributed by atoms with E-state index in [1.54, 1.807) is 0 Å². The molecule has 0 aliphatic rings. The average molecular weight is 408 g/mol. The van der Waals surface area contributed by atoms with E-state index in [2.05, 4.69) is 65.2 Å². The van der Waals surface area contributed by atoms with Crippen LogP contribution in [0.2, 0.25) is 0 Å². The van der Waals surface area contributed by atoms with Crippen LogP contribution < -0.4 is 0 Å². The van der Waals surface area contributed by atoms with Crippen molar-refractivity contribution in [1.29, 1.82) is 0 Å². The van der Waals surface area contributed by atoms with Crippen LogP contribution in [0.1, 0.15) is 41.5 Å². The predicted molar refractivity (Wildman–Crippen MR) is 82.4 cm³/mol. The Labute approximate surface area is 139 Å². The Balaban J connectivity index is -0.0000000453. The second-order valence-corrected chi connectivity index (χ2v) is 9.02. The second-order valence-electron chi connectivity index (χ2n) is 4.03. The minimum absolute atomic E-state index is 0. The molecule has 0 radical (unpaired) electrons. The van der Waals surface area contributed by atoms with Crippen molar-refractivity contribution in [3.63, 3.8) is 0 Å². The summed E-state index contributed by atoms with van der Waals surface area (Å²) in [6.07, 6.45) is 0. The first-order valence-corrected chi connectivity index (χ1v) is 9.89. The van der Waals surface area contributed by atoms with Gasteiger partial charge in [0.25, 0.3) is 0 Å². The zero-order valence-corrected chi connectivity index (χ0v) is 18.5. The first-order chi connectivity index (χ1) is 7.46. The van der Waals surface area contributed by atoms with Gasteiger partial charge < -0.3 is 41.2 Å². The molecule has 0 spiro atoms. The number of hydrogen-bond donors (Lipinski definition) is 6. The summed E-state index contributed by atoms with van der Waals surface area (Å²) in [5.41, 5.74) is 0. The minimum Gasteiger partial charge on any atom is -0.325 e. The molecule has 0 fully saturated rings. The van der Waals surface area contributed by atoms with E-state index in [9.17, 15) is 0 Å². The fourth-order valence-corrected chi connectivity index (χ4v) is 0. The monoisotopic (exact) mass is 406 g/mol. The maximum atomic E-state index is 7.56. The second kappa shape index (κ2) is 17.7. The molecule has 0 bridgehead atoms. The predicted octanol–water partition coefficient (Wildman–Crippen LogP) is 1.61. The topological polar surface area (TPSA) is 121 Å². The van der Waals surface area contributed by atoms with Gasteiger partial charge >= 0.3 is 32.9 Å². The van der Waals surface area contributed by atoms with E-state index in [4.69, 9.17) is 29.4 Å². The summed E-state index contributed by atoms with van der Waals surface area (Å²) >= 11 is 7.21. The van der Waals surface area contributed by atoms with Gasteiger partial charge in [0.1, 0.15) is 0 Å². The molecule has 0 amide bonds. The zero-order valence-electron chi connectivity index (χ0n) is 12.1. The van der Waals surface area contributed by atoms with Crippen LogP contribution in [0.4, 0.5) is 0 Å². The van der Waals surface area contributed by atoms with Crippen LogP contribution >= 0.6 is 13.4 Å². The van der Waals surface area contributed by atoms with Crippen LogP contribution in [-0.2, 0) is 43.1 Å². The third-order valence-corrected chi connectivity index (χ3v) is 0. The molecule has 6 nitrogen and oxygen atoms in total. The molecule has 0 aliphatic carbocycles. The largest absolute Gasteiger partial charge is 2.00 e. The molecule has 0 aromatic carbocycles. The molecule has 11 heteroatoms. The fraction of sp³-hybridized carbons (Fsp3) is 0.750. The van der Waals surface area contributed by atoms with Crippen molar-refractivity contribution in [1.82, 2.24) is 0 Å². The Kier molecular flexibility index (Phi) is 30.4. The number of hydrogen-bond acceptors (Lipinski definition) is 2. The Hall–Kier alpha value is 1.68. The molecule has 0 aromatic rings. The Bertz CT molecular complexity index is 206. The van der Waals surface area contributed by atoms with E-state index in [1.807, 2.05) is 0 Å². The van der Waals surface area contributed by atoms with Crippen LogP contribution in [0.3, 0.4) is 0 Å². The maximum Gasteiger partial charge on any atom is 2.00 e. The summed E-state index contributed by atoms with van der Waals surface area (Å²) in [5.74, 6) is 2.83. The normalized spacial score (nSPS) is 10.0. The van der Waals surface area contributed by atoms with Crippen molar-refractivity contribution >= 4 is 37.1 Å². The van der Waals surface area contributed by atoms with E-state index in [0.29, 0.717) is 0 Å². The molecule has 0 aromatic heterocycles. The minimum atomic E-state index is -3.81. The quantitative estimate of drug-likeness (QED) is 0.203. The van der Waals surface area contributed by atoms with Gasteiger partial charge in [0.05, 0.1) is 0 Å². The maximum absolute atomic E-state index is 7.56. The molecule has 0 saturated heterocycles. The van der Waals surface area contributed by atoms with Gasteiger partial charge in [0.15, 0.2) is 0 Å². The molecule has 0 unspecified atom stereocenters. The Morgan fingerprint density at radius 1 is 0.579 bits per heavy atom. The van der Waals surface area contributed by atoms with Crippen molar-refractivity contribution in [3.05, 3.63) is 11.8 Å². The first-order valence-electron chi connectivity index (χ1n) is 4.57. The van der Waals surface area contributed by atoms with Crippen molar-refractivity contribution in [2.24, 2.45) is 0 Å². The Morgan fingerprint density at radius 2 is 0.579 bits per heavy atom. The molecule has 19 heavy (non-hydrogen) atoms. The smallest absolute Gasteiger partial charge is 0.325 e. The summed E-state index contributed by atoms with van der Waals surface area (Å²) in [6.45, 7) is 4.89. The van der Waals surface area contributed by atoms with Gasteiger partial charge in [-0.1, -0.05) is 0 Å². The molecule has 6 N–H and O–H groups in total. The molecule has 0 heterocycles. The van der Waals surface area contributed by atoms with E-state index in [-0.39, 0.29) is 19.5 Å². The molecular weight excluding hydrogens is 384 g/mol. The third-order valence-electron chi connectivity index (χ3n) is 0. The summed E-state index contributed by atoms with van der Waals surface area (Å²) in [6, 6.07) is 0. The van der Waals surface area contributed by atoms with E-state index in [1.165, 1.54) is 11.8 Å². The zero-order chi connectivity index (χ0) is 16.2. The van der Waals surface area contributed by atoms with Gasteiger partial charge in [-0.25, -0.2) is 0 Å². The number of rotatable bonds is 0. The molecular formula is C8H24O6P2S2Zn. The summed E-state index contributed by atoms with van der Waals surface area (Å²) < 4.78 is 0. The fourth-order valence-electron chi connectivity index (χ4n) is 0. The van der Waals surface area contributed by atoms with Crippen LogP contribution in [0, 0.1) is 11.8 Å². The SMILES string of the molecule is C[C-](C)C.C[C-](C)C.OP(O)(O)=S.OP(O)(O)=S.[Zn+2]. The van der Waals surface area contributed by atoms with E-state index >= 15 is 0 Å². The van der Waals surface area contributed by atoms with Crippen molar-refractivity contribution in [3.8, 4) is 0 Å². The van der Waals surface area contributed by atoms with Gasteiger partial charge in [0, 0.05) is 0 Å². The summed E-state index contributed by atoms with van der Waals surface area (Å²) in [7, 11) is 0. The van der Waals surface area contributed by atoms with Crippen LogP contribution in [0.25, 0.3) is 0 Å². The van der Waals surface area contributed by atoms with Crippen molar-refractivity contribution in [2.75, 3.05) is 0 Å². The van der Waals surface area contributed by atoms with Gasteiger partial charge in [-0.05, 0) is 23.6 Å². The average Bonchev–Trinajstić information content (AvgIpc) is 1.70. The third kappa shape index (κ3) is 2170. The molecule has 0 rings (SSSR count). The summed E-state index contributed by atoms with van der Waals surface area (Å²) in [5, 5.41) is 0. The van der Waals surface area contributed by atoms with Crippen molar-refractivity contribution < 1.29 is 48.8 Å². The molecule has 0 aliphatic heterocycles. The van der Waals surface area contributed by atoms with Crippen LogP contribution in [0.5, 0.6) is 0 Å². The van der Waals surface area contributed by atoms with E-state index in [0.717, 1.165) is 0 Å².